The smallest absolute Gasteiger partial charge is 0.198 e. The largest absolute Gasteiger partial charge is 0.369 e. The minimum absolute atomic E-state index is 0.187. The second kappa shape index (κ2) is 35.6. The van der Waals surface area contributed by atoms with Crippen LogP contribution in [0.25, 0.3) is 140 Å². The molecule has 0 spiro atoms. The van der Waals surface area contributed by atoms with Crippen LogP contribution >= 0.6 is 0 Å². The van der Waals surface area contributed by atoms with Gasteiger partial charge in [-0.2, -0.15) is 0 Å². The number of H-pyrrole nitrogens is 5. The summed E-state index contributed by atoms with van der Waals surface area (Å²) in [4.78, 5) is 40.5. The molecule has 10 aromatic heterocycles. The van der Waals surface area contributed by atoms with E-state index in [1.807, 2.05) is 136 Å². The number of fused-ring (bicyclic) bond motifs is 5. The molecule has 22 nitrogen and oxygen atoms in total. The first-order chi connectivity index (χ1) is 63.9. The van der Waals surface area contributed by atoms with Gasteiger partial charge in [-0.1, -0.05) is 198 Å². The molecule has 132 heavy (non-hydrogen) atoms. The third kappa shape index (κ3) is 17.5. The van der Waals surface area contributed by atoms with Crippen LogP contribution in [0.1, 0.15) is 199 Å². The Morgan fingerprint density at radius 2 is 0.652 bits per heavy atom. The summed E-state index contributed by atoms with van der Waals surface area (Å²) in [7, 11) is 0. The highest BCUT2D eigenvalue weighted by Crippen LogP contribution is 2.47. The highest BCUT2D eigenvalue weighted by Gasteiger charge is 2.32. The molecule has 3 aliphatic rings. The molecule has 0 saturated heterocycles. The van der Waals surface area contributed by atoms with Crippen LogP contribution in [-0.2, 0) is 0 Å². The van der Waals surface area contributed by atoms with Crippen molar-refractivity contribution in [2.24, 2.45) is 0 Å². The molecule has 0 bridgehead atoms. The third-order valence-electron chi connectivity index (χ3n) is 25.0. The van der Waals surface area contributed by atoms with E-state index in [0.717, 1.165) is 247 Å². The predicted molar refractivity (Wildman–Crippen MR) is 523 cm³/mol. The Labute approximate surface area is 761 Å². The van der Waals surface area contributed by atoms with Gasteiger partial charge in [0.15, 0.2) is 11.9 Å². The summed E-state index contributed by atoms with van der Waals surface area (Å²) in [5, 5.41) is 20.5. The summed E-state index contributed by atoms with van der Waals surface area (Å²) < 4.78 is 40.2. The third-order valence-corrected chi connectivity index (χ3v) is 25.0. The summed E-state index contributed by atoms with van der Waals surface area (Å²) in [6.45, 7) is 34.6. The molecule has 0 radical (unpaired) electrons. The van der Waals surface area contributed by atoms with Gasteiger partial charge in [-0.15, -0.1) is 0 Å². The number of nitrogen functional groups attached to an aromatic ring is 2. The van der Waals surface area contributed by atoms with Crippen molar-refractivity contribution >= 4 is 95.9 Å². The van der Waals surface area contributed by atoms with E-state index >= 15 is 0 Å². The van der Waals surface area contributed by atoms with Crippen LogP contribution in [0.2, 0.25) is 0 Å². The normalized spacial score (nSPS) is 13.3. The van der Waals surface area contributed by atoms with Gasteiger partial charge in [0, 0.05) is 73.7 Å². The predicted octanol–water partition coefficient (Wildman–Crippen LogP) is 26.6. The molecule has 23 rings (SSSR count). The highest BCUT2D eigenvalue weighted by atomic mass is 19.1. The van der Waals surface area contributed by atoms with E-state index < -0.39 is 0 Å². The standard InChI is InChI=1S/C23H20FN3O.2C23H21N3O.C20H20N4O.C20H18N4O/c1-12(15-6-8-18(24)9-7-15)19-10-17(21-13(2)27-28-14(21)3)11-20-22(19)26-23(25-20)16-4-5-16;1-13(16-7-5-4-6-8-16)19-11-18(21-14(2)26-27-15(21)3)12-20-22(19)25-23(24-20)17-9-10-17;1-14-21(15(2)27-26-14)19-12-18(9-8-16-6-4-3-5-7-16)22-20(13-19)24-23(25-22)17-10-11-17;2*1-11(14-7-5-4-6-8-14)16-9-15(18-12(2)24-25-13(18)3)10-17-19(16)23-20(21)22-17/h6-11,16H,1,4-5H2,2-3H3,(H,25,26);4-8,11-12,17H,1,9-10H2,2-3H3,(H,24,25);3-9,12-13,17H,10-11H2,1-2H3,(H,24,25);4-11H,1-3H3,(H3,21,22,23);4-10H,1H2,2-3H3,(H3,21,22,23)/b;;9-8+;;. The number of rotatable bonds is 18. The molecule has 10 heterocycles. The number of aryl methyl sites for hydroxylation is 10. The SMILES string of the molecule is C=C(c1ccc(F)cc1)c1cc(-c2c(C)noc2C)cc2[nH]c(C3CC3)nc12.C=C(c1ccccc1)c1cc(-c2c(C)noc2C)cc2[nH]c(C3CC3)nc12.C=C(c1ccccc1)c1cc(-c2c(C)noc2C)cc2[nH]c(N)nc12.Cc1noc(C)c1-c1cc(/C=C/c2ccccc2)c2nc(C3CC3)[nH]c2c1.Cc1noc(C)c1-c1cc(C(C)c2ccccc2)c2nc(N)[nH]c2c1. The molecular weight excluding hydrogens is 1650 g/mol. The Hall–Kier alpha value is -15.9. The maximum Gasteiger partial charge on any atom is 0.198 e. The number of hydrogen-bond donors (Lipinski definition) is 7. The molecular formula is C109H100FN17O5. The van der Waals surface area contributed by atoms with Crippen molar-refractivity contribution < 1.29 is 27.0 Å². The average Bonchev–Trinajstić information content (AvgIpc) is 1.66. The summed E-state index contributed by atoms with van der Waals surface area (Å²) in [5.41, 5.74) is 49.3. The van der Waals surface area contributed by atoms with Gasteiger partial charge in [-0.25, -0.2) is 29.3 Å². The van der Waals surface area contributed by atoms with Crippen LogP contribution in [0.15, 0.2) is 249 Å². The number of anilines is 2. The van der Waals surface area contributed by atoms with Gasteiger partial charge in [-0.05, 0) is 258 Å². The number of benzene rings is 10. The fourth-order valence-electron chi connectivity index (χ4n) is 17.8. The van der Waals surface area contributed by atoms with E-state index in [1.165, 1.54) is 61.8 Å². The first-order valence-corrected chi connectivity index (χ1v) is 44.5. The molecule has 3 fully saturated rings. The monoisotopic (exact) mass is 1750 g/mol. The van der Waals surface area contributed by atoms with Crippen molar-refractivity contribution in [3.63, 3.8) is 0 Å². The van der Waals surface area contributed by atoms with Gasteiger partial charge in [-0.3, -0.25) is 0 Å². The van der Waals surface area contributed by atoms with Gasteiger partial charge < -0.3 is 59.0 Å². The lowest BCUT2D eigenvalue weighted by Gasteiger charge is -2.15. The van der Waals surface area contributed by atoms with Gasteiger partial charge in [0.2, 0.25) is 0 Å². The fourth-order valence-corrected chi connectivity index (χ4v) is 17.8. The zero-order valence-electron chi connectivity index (χ0n) is 75.5. The molecule has 20 aromatic rings. The lowest BCUT2D eigenvalue weighted by atomic mass is 9.89. The topological polar surface area (TPSA) is 326 Å². The zero-order valence-corrected chi connectivity index (χ0v) is 75.5. The van der Waals surface area contributed by atoms with Crippen molar-refractivity contribution in [1.29, 1.82) is 0 Å². The van der Waals surface area contributed by atoms with Crippen LogP contribution < -0.4 is 11.5 Å². The van der Waals surface area contributed by atoms with Crippen molar-refractivity contribution in [3.8, 4) is 55.6 Å². The zero-order chi connectivity index (χ0) is 91.4. The molecule has 23 heteroatoms. The van der Waals surface area contributed by atoms with Crippen molar-refractivity contribution in [2.75, 3.05) is 11.5 Å². The van der Waals surface area contributed by atoms with Crippen molar-refractivity contribution in [1.82, 2.24) is 75.6 Å². The quantitative estimate of drug-likeness (QED) is 0.0393. The lowest BCUT2D eigenvalue weighted by Crippen LogP contribution is -1.98. The molecule has 10 aromatic carbocycles. The summed E-state index contributed by atoms with van der Waals surface area (Å²) in [6, 6.07) is 68.7. The van der Waals surface area contributed by atoms with E-state index in [4.69, 9.17) is 49.0 Å². The molecule has 3 aliphatic carbocycles. The van der Waals surface area contributed by atoms with Crippen LogP contribution in [0.4, 0.5) is 16.3 Å². The number of imidazole rings is 5. The van der Waals surface area contributed by atoms with Gasteiger partial charge in [0.25, 0.3) is 0 Å². The van der Waals surface area contributed by atoms with Crippen LogP contribution in [0.5, 0.6) is 0 Å². The van der Waals surface area contributed by atoms with E-state index in [1.54, 1.807) is 12.1 Å². The van der Waals surface area contributed by atoms with Crippen molar-refractivity contribution in [3.05, 3.63) is 362 Å². The highest BCUT2D eigenvalue weighted by molar-refractivity contribution is 6.01. The van der Waals surface area contributed by atoms with E-state index in [-0.39, 0.29) is 11.7 Å². The molecule has 9 N–H and O–H groups in total. The molecule has 658 valence electrons. The van der Waals surface area contributed by atoms with E-state index in [9.17, 15) is 4.39 Å². The Balaban J connectivity index is 0.000000107. The van der Waals surface area contributed by atoms with E-state index in [2.05, 4.69) is 215 Å². The molecule has 0 aliphatic heterocycles. The van der Waals surface area contributed by atoms with Crippen LogP contribution in [0, 0.1) is 75.1 Å². The molecule has 3 saturated carbocycles. The Kier molecular flexibility index (Phi) is 23.1. The summed E-state index contributed by atoms with van der Waals surface area (Å²) >= 11 is 0. The van der Waals surface area contributed by atoms with Crippen molar-refractivity contribution in [2.45, 2.75) is 138 Å². The number of aromatic nitrogens is 15. The number of nitrogens with zero attached hydrogens (tertiary/aromatic N) is 10. The summed E-state index contributed by atoms with van der Waals surface area (Å²) in [5.74, 6) is 9.65. The average molecular weight is 1750 g/mol. The van der Waals surface area contributed by atoms with Crippen LogP contribution in [-0.4, -0.2) is 75.6 Å². The number of halogens is 1. The summed E-state index contributed by atoms with van der Waals surface area (Å²) in [6.07, 6.45) is 11.5. The maximum atomic E-state index is 13.4. The molecule has 1 unspecified atom stereocenters. The first kappa shape index (κ1) is 85.5. The number of aromatic amines is 5. The Morgan fingerprint density at radius 3 is 1.02 bits per heavy atom. The second-order valence-corrected chi connectivity index (χ2v) is 34.7. The fraction of sp³-hybridized carbons (Fsp3) is 0.193. The van der Waals surface area contributed by atoms with Crippen LogP contribution in [0.3, 0.4) is 0 Å². The minimum atomic E-state index is -0.262. The van der Waals surface area contributed by atoms with E-state index in [0.29, 0.717) is 29.7 Å². The van der Waals surface area contributed by atoms with Gasteiger partial charge in [0.05, 0.1) is 83.6 Å². The van der Waals surface area contributed by atoms with Gasteiger partial charge >= 0.3 is 0 Å². The second-order valence-electron chi connectivity index (χ2n) is 34.7. The number of nitrogens with one attached hydrogen (secondary N) is 5. The minimum Gasteiger partial charge on any atom is -0.369 e. The Bertz CT molecular complexity index is 7690. The van der Waals surface area contributed by atoms with Gasteiger partial charge in [0.1, 0.15) is 52.1 Å². The lowest BCUT2D eigenvalue weighted by molar-refractivity contribution is 0.393. The Morgan fingerprint density at radius 1 is 0.348 bits per heavy atom. The number of hydrogen-bond acceptors (Lipinski definition) is 17. The number of nitrogens with two attached hydrogens (primary N) is 2. The maximum absolute atomic E-state index is 13.4. The molecule has 1 atom stereocenters. The first-order valence-electron chi connectivity index (χ1n) is 44.5. The molecule has 0 amide bonds.